The van der Waals surface area contributed by atoms with Gasteiger partial charge in [-0.3, -0.25) is 0 Å². The third-order valence-corrected chi connectivity index (χ3v) is 2.36. The smallest absolute Gasteiger partial charge is 0.0662 e. The second kappa shape index (κ2) is 2.39. The van der Waals surface area contributed by atoms with Gasteiger partial charge in [-0.05, 0) is 32.1 Å². The van der Waals surface area contributed by atoms with Gasteiger partial charge in [-0.15, -0.1) is 0 Å². The van der Waals surface area contributed by atoms with Gasteiger partial charge < -0.3 is 5.11 Å². The Morgan fingerprint density at radius 2 is 2.40 bits per heavy atom. The molecule has 1 heteroatoms. The molecule has 1 rings (SSSR count). The first-order chi connectivity index (χ1) is 4.55. The second-order valence-corrected chi connectivity index (χ2v) is 3.64. The molecule has 1 N–H and O–H groups in total. The van der Waals surface area contributed by atoms with Gasteiger partial charge in [-0.1, -0.05) is 19.1 Å². The number of hydrogen-bond acceptors (Lipinski definition) is 1. The number of aliphatic hydroxyl groups is 1. The van der Waals surface area contributed by atoms with Crippen molar-refractivity contribution in [2.75, 3.05) is 0 Å². The lowest BCUT2D eigenvalue weighted by atomic mass is 10.00. The predicted octanol–water partition coefficient (Wildman–Crippen LogP) is 2.11. The minimum Gasteiger partial charge on any atom is -0.390 e. The number of rotatable bonds is 1. The van der Waals surface area contributed by atoms with Crippen molar-refractivity contribution >= 4 is 0 Å². The Morgan fingerprint density at radius 3 is 2.60 bits per heavy atom. The fraction of sp³-hybridized carbons (Fsp3) is 0.778. The van der Waals surface area contributed by atoms with Crippen LogP contribution in [0.15, 0.2) is 12.2 Å². The standard InChI is InChI=1S/C9H16O/c1-4-8-6-9(3,10)5-7(8)2/h8,10H,2,4-6H2,1,3H3. The van der Waals surface area contributed by atoms with E-state index < -0.39 is 5.60 Å². The molecular formula is C9H16O. The average Bonchev–Trinajstić information content (AvgIpc) is 2.05. The van der Waals surface area contributed by atoms with Gasteiger partial charge in [-0.2, -0.15) is 0 Å². The molecule has 0 saturated heterocycles. The van der Waals surface area contributed by atoms with Crippen LogP contribution in [0.4, 0.5) is 0 Å². The summed E-state index contributed by atoms with van der Waals surface area (Å²) in [6.07, 6.45) is 2.82. The van der Waals surface area contributed by atoms with Crippen molar-refractivity contribution < 1.29 is 5.11 Å². The van der Waals surface area contributed by atoms with Crippen LogP contribution in [-0.4, -0.2) is 10.7 Å². The lowest BCUT2D eigenvalue weighted by Crippen LogP contribution is -2.18. The predicted molar refractivity (Wildman–Crippen MR) is 42.8 cm³/mol. The van der Waals surface area contributed by atoms with Gasteiger partial charge in [0.2, 0.25) is 0 Å². The summed E-state index contributed by atoms with van der Waals surface area (Å²) < 4.78 is 0. The Balaban J connectivity index is 2.61. The van der Waals surface area contributed by atoms with Crippen LogP contribution in [0.25, 0.3) is 0 Å². The molecule has 0 heterocycles. The molecule has 1 nitrogen and oxygen atoms in total. The van der Waals surface area contributed by atoms with E-state index in [0.29, 0.717) is 5.92 Å². The molecule has 10 heavy (non-hydrogen) atoms. The molecule has 2 atom stereocenters. The van der Waals surface area contributed by atoms with Crippen molar-refractivity contribution in [1.82, 2.24) is 0 Å². The molecular weight excluding hydrogens is 124 g/mol. The van der Waals surface area contributed by atoms with Gasteiger partial charge in [-0.25, -0.2) is 0 Å². The molecule has 1 saturated carbocycles. The summed E-state index contributed by atoms with van der Waals surface area (Å²) in [6.45, 7) is 7.99. The molecule has 0 aromatic rings. The van der Waals surface area contributed by atoms with E-state index in [1.165, 1.54) is 5.57 Å². The fourth-order valence-corrected chi connectivity index (χ4v) is 1.81. The summed E-state index contributed by atoms with van der Waals surface area (Å²) in [5.74, 6) is 0.565. The van der Waals surface area contributed by atoms with Crippen LogP contribution in [-0.2, 0) is 0 Å². The molecule has 58 valence electrons. The van der Waals surface area contributed by atoms with Gasteiger partial charge >= 0.3 is 0 Å². The van der Waals surface area contributed by atoms with Crippen LogP contribution in [0.5, 0.6) is 0 Å². The van der Waals surface area contributed by atoms with E-state index in [0.717, 1.165) is 19.3 Å². The van der Waals surface area contributed by atoms with Crippen LogP contribution in [0.1, 0.15) is 33.1 Å². The maximum absolute atomic E-state index is 9.61. The van der Waals surface area contributed by atoms with E-state index >= 15 is 0 Å². The largest absolute Gasteiger partial charge is 0.390 e. The van der Waals surface area contributed by atoms with Crippen LogP contribution >= 0.6 is 0 Å². The lowest BCUT2D eigenvalue weighted by molar-refractivity contribution is 0.0648. The zero-order valence-corrected chi connectivity index (χ0v) is 6.85. The zero-order chi connectivity index (χ0) is 7.78. The highest BCUT2D eigenvalue weighted by atomic mass is 16.3. The molecule has 1 aliphatic rings. The summed E-state index contributed by atoms with van der Waals surface area (Å²) in [5.41, 5.74) is 0.769. The van der Waals surface area contributed by atoms with Gasteiger partial charge in [0.05, 0.1) is 5.60 Å². The Morgan fingerprint density at radius 1 is 1.80 bits per heavy atom. The van der Waals surface area contributed by atoms with Crippen molar-refractivity contribution in [2.24, 2.45) is 5.92 Å². The zero-order valence-electron chi connectivity index (χ0n) is 6.85. The molecule has 0 aromatic carbocycles. The maximum Gasteiger partial charge on any atom is 0.0662 e. The van der Waals surface area contributed by atoms with Gasteiger partial charge in [0.25, 0.3) is 0 Å². The van der Waals surface area contributed by atoms with Crippen LogP contribution in [0, 0.1) is 5.92 Å². The summed E-state index contributed by atoms with van der Waals surface area (Å²) in [4.78, 5) is 0. The minimum absolute atomic E-state index is 0.461. The molecule has 0 aliphatic heterocycles. The molecule has 1 aliphatic carbocycles. The SMILES string of the molecule is C=C1CC(C)(O)CC1CC. The minimum atomic E-state index is -0.461. The Hall–Kier alpha value is -0.300. The van der Waals surface area contributed by atoms with E-state index in [2.05, 4.69) is 13.5 Å². The normalized spacial score (nSPS) is 40.7. The highest BCUT2D eigenvalue weighted by molar-refractivity contribution is 5.12. The average molecular weight is 140 g/mol. The van der Waals surface area contributed by atoms with E-state index in [4.69, 9.17) is 0 Å². The van der Waals surface area contributed by atoms with Gasteiger partial charge in [0.15, 0.2) is 0 Å². The third-order valence-electron chi connectivity index (χ3n) is 2.36. The topological polar surface area (TPSA) is 20.2 Å². The Labute approximate surface area is 62.8 Å². The molecule has 0 spiro atoms. The first-order valence-electron chi connectivity index (χ1n) is 3.95. The maximum atomic E-state index is 9.61. The van der Waals surface area contributed by atoms with Crippen molar-refractivity contribution in [2.45, 2.75) is 38.7 Å². The molecule has 0 bridgehead atoms. The second-order valence-electron chi connectivity index (χ2n) is 3.64. The van der Waals surface area contributed by atoms with Crippen molar-refractivity contribution in [3.05, 3.63) is 12.2 Å². The van der Waals surface area contributed by atoms with E-state index in [1.54, 1.807) is 0 Å². The molecule has 0 amide bonds. The Bertz CT molecular complexity index is 147. The van der Waals surface area contributed by atoms with Crippen molar-refractivity contribution in [3.8, 4) is 0 Å². The van der Waals surface area contributed by atoms with Crippen LogP contribution in [0.3, 0.4) is 0 Å². The summed E-state index contributed by atoms with van der Waals surface area (Å²) in [7, 11) is 0. The summed E-state index contributed by atoms with van der Waals surface area (Å²) >= 11 is 0. The summed E-state index contributed by atoms with van der Waals surface area (Å²) in [5, 5.41) is 9.61. The van der Waals surface area contributed by atoms with Crippen LogP contribution in [0.2, 0.25) is 0 Å². The monoisotopic (exact) mass is 140 g/mol. The molecule has 2 unspecified atom stereocenters. The fourth-order valence-electron chi connectivity index (χ4n) is 1.81. The van der Waals surface area contributed by atoms with Gasteiger partial charge in [0.1, 0.15) is 0 Å². The highest BCUT2D eigenvalue weighted by Gasteiger charge is 2.34. The van der Waals surface area contributed by atoms with Gasteiger partial charge in [0, 0.05) is 0 Å². The van der Waals surface area contributed by atoms with Crippen molar-refractivity contribution in [3.63, 3.8) is 0 Å². The van der Waals surface area contributed by atoms with Crippen LogP contribution < -0.4 is 0 Å². The third kappa shape index (κ3) is 1.40. The molecule has 0 aromatic heterocycles. The highest BCUT2D eigenvalue weighted by Crippen LogP contribution is 2.39. The van der Waals surface area contributed by atoms with E-state index in [9.17, 15) is 5.11 Å². The quantitative estimate of drug-likeness (QED) is 0.553. The van der Waals surface area contributed by atoms with E-state index in [-0.39, 0.29) is 0 Å². The number of hydrogen-bond donors (Lipinski definition) is 1. The first-order valence-corrected chi connectivity index (χ1v) is 3.95. The van der Waals surface area contributed by atoms with Crippen molar-refractivity contribution in [1.29, 1.82) is 0 Å². The lowest BCUT2D eigenvalue weighted by Gasteiger charge is -2.14. The molecule has 0 radical (unpaired) electrons. The molecule has 1 fully saturated rings. The first kappa shape index (κ1) is 7.80. The summed E-state index contributed by atoms with van der Waals surface area (Å²) in [6, 6.07) is 0. The van der Waals surface area contributed by atoms with E-state index in [1.807, 2.05) is 6.92 Å². The Kier molecular flexibility index (Phi) is 1.86.